The molecule has 0 aliphatic carbocycles. The monoisotopic (exact) mass is 214 g/mol. The Labute approximate surface area is 89.1 Å². The van der Waals surface area contributed by atoms with E-state index in [1.54, 1.807) is 12.1 Å². The fourth-order valence-corrected chi connectivity index (χ4v) is 1.65. The number of hydrogen-bond acceptors (Lipinski definition) is 1. The maximum absolute atomic E-state index is 12.0. The number of benzene rings is 1. The van der Waals surface area contributed by atoms with E-state index in [2.05, 4.69) is 25.5 Å². The fourth-order valence-electron chi connectivity index (χ4n) is 1.65. The van der Waals surface area contributed by atoms with Gasteiger partial charge in [-0.25, -0.2) is 0 Å². The Kier molecular flexibility index (Phi) is 3.32. The summed E-state index contributed by atoms with van der Waals surface area (Å²) in [6, 6.07) is 5.07. The first-order valence-corrected chi connectivity index (χ1v) is 4.86. The van der Waals surface area contributed by atoms with Gasteiger partial charge in [0.1, 0.15) is 5.75 Å². The first kappa shape index (κ1) is 12.0. The minimum absolute atomic E-state index is 0.0213. The van der Waals surface area contributed by atoms with Crippen LogP contribution in [0.1, 0.15) is 31.9 Å². The minimum Gasteiger partial charge on any atom is -0.435 e. The SMILES string of the molecule is Cc1cc(OC(F)F)ccc1C(C)(C)C. The topological polar surface area (TPSA) is 9.23 Å². The van der Waals surface area contributed by atoms with E-state index in [0.717, 1.165) is 11.1 Å². The van der Waals surface area contributed by atoms with Crippen molar-refractivity contribution in [2.45, 2.75) is 39.7 Å². The van der Waals surface area contributed by atoms with E-state index in [9.17, 15) is 8.78 Å². The van der Waals surface area contributed by atoms with Gasteiger partial charge in [0.05, 0.1) is 0 Å². The van der Waals surface area contributed by atoms with Crippen LogP contribution in [0.15, 0.2) is 18.2 Å². The Morgan fingerprint density at radius 1 is 1.20 bits per heavy atom. The van der Waals surface area contributed by atoms with Crippen molar-refractivity contribution >= 4 is 0 Å². The largest absolute Gasteiger partial charge is 0.435 e. The van der Waals surface area contributed by atoms with Crippen molar-refractivity contribution in [2.24, 2.45) is 0 Å². The maximum Gasteiger partial charge on any atom is 0.387 e. The molecule has 0 aromatic heterocycles. The Morgan fingerprint density at radius 2 is 1.80 bits per heavy atom. The summed E-state index contributed by atoms with van der Waals surface area (Å²) in [7, 11) is 0. The van der Waals surface area contributed by atoms with E-state index in [1.165, 1.54) is 0 Å². The Balaban J connectivity index is 2.99. The van der Waals surface area contributed by atoms with Gasteiger partial charge in [-0.15, -0.1) is 0 Å². The van der Waals surface area contributed by atoms with E-state index in [0.29, 0.717) is 0 Å². The maximum atomic E-state index is 12.0. The molecule has 0 fully saturated rings. The molecule has 0 amide bonds. The van der Waals surface area contributed by atoms with Crippen LogP contribution in [0.2, 0.25) is 0 Å². The molecule has 0 aliphatic heterocycles. The third-order valence-electron chi connectivity index (χ3n) is 2.23. The molecule has 15 heavy (non-hydrogen) atoms. The summed E-state index contributed by atoms with van der Waals surface area (Å²) in [5.41, 5.74) is 2.14. The smallest absolute Gasteiger partial charge is 0.387 e. The molecule has 0 aliphatic rings. The van der Waals surface area contributed by atoms with E-state index in [1.807, 2.05) is 13.0 Å². The molecule has 1 aromatic rings. The van der Waals surface area contributed by atoms with Crippen LogP contribution in [0.5, 0.6) is 5.75 Å². The van der Waals surface area contributed by atoms with E-state index < -0.39 is 6.61 Å². The lowest BCUT2D eigenvalue weighted by atomic mass is 9.84. The van der Waals surface area contributed by atoms with Crippen molar-refractivity contribution in [3.8, 4) is 5.75 Å². The molecule has 0 unspecified atom stereocenters. The Bertz CT molecular complexity index is 340. The highest BCUT2D eigenvalue weighted by molar-refractivity contribution is 5.38. The van der Waals surface area contributed by atoms with Gasteiger partial charge < -0.3 is 4.74 Å². The number of hydrogen-bond donors (Lipinski definition) is 0. The molecule has 0 atom stereocenters. The van der Waals surface area contributed by atoms with E-state index >= 15 is 0 Å². The lowest BCUT2D eigenvalue weighted by Crippen LogP contribution is -2.13. The summed E-state index contributed by atoms with van der Waals surface area (Å²) in [5, 5.41) is 0. The van der Waals surface area contributed by atoms with Crippen LogP contribution >= 0.6 is 0 Å². The Hall–Kier alpha value is -1.12. The third kappa shape index (κ3) is 3.18. The van der Waals surface area contributed by atoms with Crippen LogP contribution in [0.3, 0.4) is 0 Å². The zero-order valence-electron chi connectivity index (χ0n) is 9.47. The fraction of sp³-hybridized carbons (Fsp3) is 0.500. The Morgan fingerprint density at radius 3 is 2.20 bits per heavy atom. The highest BCUT2D eigenvalue weighted by atomic mass is 19.3. The molecule has 1 aromatic carbocycles. The second-order valence-electron chi connectivity index (χ2n) is 4.61. The number of alkyl halides is 2. The number of rotatable bonds is 2. The first-order valence-electron chi connectivity index (χ1n) is 4.86. The van der Waals surface area contributed by atoms with Crippen LogP contribution in [0.25, 0.3) is 0 Å². The van der Waals surface area contributed by atoms with Crippen molar-refractivity contribution < 1.29 is 13.5 Å². The predicted octanol–water partition coefficient (Wildman–Crippen LogP) is 3.89. The summed E-state index contributed by atoms with van der Waals surface area (Å²) in [6.45, 7) is 5.40. The molecule has 3 heteroatoms. The average Bonchev–Trinajstić information content (AvgIpc) is 1.99. The van der Waals surface area contributed by atoms with Gasteiger partial charge in [-0.1, -0.05) is 26.8 Å². The molecule has 0 heterocycles. The normalized spacial score (nSPS) is 11.9. The van der Waals surface area contributed by atoms with Gasteiger partial charge in [-0.2, -0.15) is 8.78 Å². The molecule has 84 valence electrons. The molecular weight excluding hydrogens is 198 g/mol. The first-order chi connectivity index (χ1) is 6.80. The lowest BCUT2D eigenvalue weighted by molar-refractivity contribution is -0.0498. The predicted molar refractivity (Wildman–Crippen MR) is 56.5 cm³/mol. The van der Waals surface area contributed by atoms with Crippen LogP contribution in [-0.4, -0.2) is 6.61 Å². The van der Waals surface area contributed by atoms with Crippen molar-refractivity contribution in [3.63, 3.8) is 0 Å². The van der Waals surface area contributed by atoms with Crippen molar-refractivity contribution in [1.82, 2.24) is 0 Å². The van der Waals surface area contributed by atoms with Crippen LogP contribution < -0.4 is 4.74 Å². The molecular formula is C12H16F2O. The molecule has 1 nitrogen and oxygen atoms in total. The van der Waals surface area contributed by atoms with Crippen molar-refractivity contribution in [2.75, 3.05) is 0 Å². The highest BCUT2D eigenvalue weighted by Crippen LogP contribution is 2.28. The summed E-state index contributed by atoms with van der Waals surface area (Å²) in [6.07, 6.45) is 0. The molecule has 0 radical (unpaired) electrons. The van der Waals surface area contributed by atoms with Gasteiger partial charge in [0.25, 0.3) is 0 Å². The lowest BCUT2D eigenvalue weighted by Gasteiger charge is -2.22. The van der Waals surface area contributed by atoms with Crippen LogP contribution in [-0.2, 0) is 5.41 Å². The second-order valence-corrected chi connectivity index (χ2v) is 4.61. The molecule has 0 bridgehead atoms. The highest BCUT2D eigenvalue weighted by Gasteiger charge is 2.16. The van der Waals surface area contributed by atoms with Crippen molar-refractivity contribution in [1.29, 1.82) is 0 Å². The van der Waals surface area contributed by atoms with Crippen LogP contribution in [0, 0.1) is 6.92 Å². The summed E-state index contributed by atoms with van der Waals surface area (Å²) < 4.78 is 28.3. The van der Waals surface area contributed by atoms with Crippen LogP contribution in [0.4, 0.5) is 8.78 Å². The van der Waals surface area contributed by atoms with E-state index in [-0.39, 0.29) is 11.2 Å². The number of halogens is 2. The van der Waals surface area contributed by atoms with Gasteiger partial charge >= 0.3 is 6.61 Å². The molecule has 0 spiro atoms. The van der Waals surface area contributed by atoms with Gasteiger partial charge in [-0.3, -0.25) is 0 Å². The van der Waals surface area contributed by atoms with Gasteiger partial charge in [0, 0.05) is 0 Å². The summed E-state index contributed by atoms with van der Waals surface area (Å²) in [5.74, 6) is 0.218. The molecule has 0 N–H and O–H groups in total. The average molecular weight is 214 g/mol. The van der Waals surface area contributed by atoms with Gasteiger partial charge in [-0.05, 0) is 35.6 Å². The molecule has 0 saturated heterocycles. The summed E-state index contributed by atoms with van der Waals surface area (Å²) >= 11 is 0. The summed E-state index contributed by atoms with van der Waals surface area (Å²) in [4.78, 5) is 0. The zero-order valence-corrected chi connectivity index (χ0v) is 9.47. The second kappa shape index (κ2) is 4.17. The van der Waals surface area contributed by atoms with E-state index in [4.69, 9.17) is 0 Å². The minimum atomic E-state index is -2.76. The van der Waals surface area contributed by atoms with Gasteiger partial charge in [0.15, 0.2) is 0 Å². The number of aryl methyl sites for hydroxylation is 1. The standard InChI is InChI=1S/C12H16F2O/c1-8-7-9(15-11(13)14)5-6-10(8)12(2,3)4/h5-7,11H,1-4H3. The quantitative estimate of drug-likeness (QED) is 0.725. The zero-order chi connectivity index (χ0) is 11.6. The molecule has 0 saturated carbocycles. The third-order valence-corrected chi connectivity index (χ3v) is 2.23. The van der Waals surface area contributed by atoms with Crippen molar-refractivity contribution in [3.05, 3.63) is 29.3 Å². The van der Waals surface area contributed by atoms with Gasteiger partial charge in [0.2, 0.25) is 0 Å². The molecule has 1 rings (SSSR count). The number of ether oxygens (including phenoxy) is 1.